The predicted molar refractivity (Wildman–Crippen MR) is 263 cm³/mol. The van der Waals surface area contributed by atoms with E-state index in [-0.39, 0.29) is 0 Å². The largest absolute Gasteiger partial charge is 0.309 e. The molecule has 0 unspecified atom stereocenters. The van der Waals surface area contributed by atoms with E-state index in [1.54, 1.807) is 0 Å². The molecule has 0 amide bonds. The van der Waals surface area contributed by atoms with Gasteiger partial charge in [0.2, 0.25) is 5.95 Å². The van der Waals surface area contributed by atoms with E-state index in [4.69, 9.17) is 9.97 Å². The summed E-state index contributed by atoms with van der Waals surface area (Å²) in [6.45, 7) is 0. The molecular weight excluding hydrogens is 767 g/mol. The molecule has 15 aromatic rings. The van der Waals surface area contributed by atoms with Crippen LogP contribution in [0.4, 0.5) is 0 Å². The number of nitrogens with zero attached hydrogens (tertiary/aromatic N) is 5. The fraction of sp³-hybridized carbons (Fsp3) is 0. The summed E-state index contributed by atoms with van der Waals surface area (Å²) in [4.78, 5) is 11.2. The lowest BCUT2D eigenvalue weighted by Gasteiger charge is -2.13. The van der Waals surface area contributed by atoms with Crippen molar-refractivity contribution in [2.45, 2.75) is 0 Å². The minimum Gasteiger partial charge on any atom is -0.309 e. The molecule has 15 rings (SSSR count). The number of hydrogen-bond acceptors (Lipinski definition) is 2. The highest BCUT2D eigenvalue weighted by molar-refractivity contribution is 6.37. The zero-order valence-corrected chi connectivity index (χ0v) is 33.8. The molecule has 0 aliphatic rings. The first-order valence-corrected chi connectivity index (χ1v) is 21.6. The van der Waals surface area contributed by atoms with Crippen LogP contribution in [0.25, 0.3) is 137 Å². The fourth-order valence-electron chi connectivity index (χ4n) is 11.1. The third-order valence-corrected chi connectivity index (χ3v) is 13.7. The number of aromatic nitrogens is 5. The summed E-state index contributed by atoms with van der Waals surface area (Å²) in [6, 6.07) is 72.7. The maximum absolute atomic E-state index is 5.71. The topological polar surface area (TPSA) is 40.0 Å². The minimum atomic E-state index is 0.651. The zero-order valence-electron chi connectivity index (χ0n) is 33.8. The van der Waals surface area contributed by atoms with Crippen molar-refractivity contribution in [2.24, 2.45) is 0 Å². The van der Waals surface area contributed by atoms with Gasteiger partial charge in [0.05, 0.1) is 49.8 Å². The number of benzene rings is 10. The van der Waals surface area contributed by atoms with Crippen molar-refractivity contribution >= 4 is 114 Å². The van der Waals surface area contributed by atoms with Crippen LogP contribution in [0.15, 0.2) is 200 Å². The van der Waals surface area contributed by atoms with E-state index in [1.165, 1.54) is 86.7 Å². The highest BCUT2D eigenvalue weighted by Gasteiger charge is 2.27. The first kappa shape index (κ1) is 33.2. The monoisotopic (exact) mass is 799 g/mol. The van der Waals surface area contributed by atoms with Gasteiger partial charge < -0.3 is 8.97 Å². The molecule has 5 aromatic heterocycles. The molecule has 0 saturated carbocycles. The molecule has 0 N–H and O–H groups in total. The first-order chi connectivity index (χ1) is 31.3. The van der Waals surface area contributed by atoms with E-state index in [1.807, 2.05) is 0 Å². The molecule has 0 aliphatic heterocycles. The Morgan fingerprint density at radius 3 is 1.79 bits per heavy atom. The molecule has 0 radical (unpaired) electrons. The number of fused-ring (bicyclic) bond motifs is 18. The van der Waals surface area contributed by atoms with Gasteiger partial charge in [-0.3, -0.25) is 4.57 Å². The molecule has 10 aromatic carbocycles. The second-order valence-corrected chi connectivity index (χ2v) is 16.9. The van der Waals surface area contributed by atoms with Crippen molar-refractivity contribution < 1.29 is 0 Å². The van der Waals surface area contributed by atoms with Crippen LogP contribution >= 0.6 is 0 Å². The molecule has 5 heterocycles. The lowest BCUT2D eigenvalue weighted by Crippen LogP contribution is -2.03. The van der Waals surface area contributed by atoms with Crippen LogP contribution in [0, 0.1) is 0 Å². The minimum absolute atomic E-state index is 0.651. The van der Waals surface area contributed by atoms with Crippen LogP contribution in [-0.4, -0.2) is 23.5 Å². The smallest absolute Gasteiger partial charge is 0.235 e. The van der Waals surface area contributed by atoms with Gasteiger partial charge in [0.15, 0.2) is 0 Å². The van der Waals surface area contributed by atoms with Gasteiger partial charge >= 0.3 is 0 Å². The van der Waals surface area contributed by atoms with E-state index >= 15 is 0 Å². The third-order valence-electron chi connectivity index (χ3n) is 13.7. The molecule has 0 aliphatic carbocycles. The van der Waals surface area contributed by atoms with Crippen LogP contribution in [0.2, 0.25) is 0 Å². The summed E-state index contributed by atoms with van der Waals surface area (Å²) in [5.41, 5.74) is 12.2. The van der Waals surface area contributed by atoms with E-state index in [0.717, 1.165) is 44.4 Å². The van der Waals surface area contributed by atoms with Crippen LogP contribution in [0.1, 0.15) is 0 Å². The summed E-state index contributed by atoms with van der Waals surface area (Å²) in [5.74, 6) is 0.651. The van der Waals surface area contributed by atoms with Crippen LogP contribution in [0.5, 0.6) is 0 Å². The van der Waals surface area contributed by atoms with E-state index in [9.17, 15) is 0 Å². The van der Waals surface area contributed by atoms with Crippen molar-refractivity contribution in [2.75, 3.05) is 0 Å². The highest BCUT2D eigenvalue weighted by Crippen LogP contribution is 2.49. The molecule has 0 fully saturated rings. The Morgan fingerprint density at radius 2 is 0.952 bits per heavy atom. The van der Waals surface area contributed by atoms with Gasteiger partial charge in [0, 0.05) is 65.1 Å². The van der Waals surface area contributed by atoms with Gasteiger partial charge in [0.25, 0.3) is 0 Å². The summed E-state index contributed by atoms with van der Waals surface area (Å²) < 4.78 is 7.25. The second-order valence-electron chi connectivity index (χ2n) is 16.9. The quantitative estimate of drug-likeness (QED) is 0.179. The Balaban J connectivity index is 1.11. The summed E-state index contributed by atoms with van der Waals surface area (Å²) >= 11 is 0. The average Bonchev–Trinajstić information content (AvgIpc) is 4.08. The van der Waals surface area contributed by atoms with E-state index < -0.39 is 0 Å². The van der Waals surface area contributed by atoms with Crippen molar-refractivity contribution in [3.05, 3.63) is 200 Å². The molecule has 63 heavy (non-hydrogen) atoms. The fourth-order valence-corrected chi connectivity index (χ4v) is 11.1. The Labute approximate surface area is 359 Å². The van der Waals surface area contributed by atoms with Gasteiger partial charge in [-0.15, -0.1) is 0 Å². The average molecular weight is 800 g/mol. The van der Waals surface area contributed by atoms with E-state index in [0.29, 0.717) is 5.95 Å². The van der Waals surface area contributed by atoms with Gasteiger partial charge in [0.1, 0.15) is 0 Å². The van der Waals surface area contributed by atoms with Crippen LogP contribution in [0.3, 0.4) is 0 Å². The van der Waals surface area contributed by atoms with Gasteiger partial charge in [-0.2, -0.15) is 0 Å². The molecule has 0 atom stereocenters. The molecule has 290 valence electrons. The lowest BCUT2D eigenvalue weighted by molar-refractivity contribution is 1.02. The van der Waals surface area contributed by atoms with Crippen molar-refractivity contribution in [1.82, 2.24) is 23.5 Å². The Hall–Kier alpha value is -8.54. The number of hydrogen-bond donors (Lipinski definition) is 0. The maximum Gasteiger partial charge on any atom is 0.235 e. The number of rotatable bonds is 3. The molecular formula is C58H33N5. The highest BCUT2D eigenvalue weighted by atomic mass is 15.2. The summed E-state index contributed by atoms with van der Waals surface area (Å²) in [7, 11) is 0. The van der Waals surface area contributed by atoms with Crippen molar-refractivity contribution in [3.8, 4) is 22.9 Å². The van der Waals surface area contributed by atoms with Crippen molar-refractivity contribution in [3.63, 3.8) is 0 Å². The molecule has 5 nitrogen and oxygen atoms in total. The van der Waals surface area contributed by atoms with Crippen LogP contribution < -0.4 is 0 Å². The summed E-state index contributed by atoms with van der Waals surface area (Å²) in [6.07, 6.45) is 0. The predicted octanol–water partition coefficient (Wildman–Crippen LogP) is 14.9. The van der Waals surface area contributed by atoms with Gasteiger partial charge in [-0.1, -0.05) is 146 Å². The molecule has 0 spiro atoms. The molecule has 0 saturated heterocycles. The van der Waals surface area contributed by atoms with Gasteiger partial charge in [-0.25, -0.2) is 9.97 Å². The molecule has 0 bridgehead atoms. The standard InChI is InChI=1S/C58H33N5/c1-2-16-37(17-3-1)61-48-24-12-9-20-40(48)44-32-36(28-30-50(44)61)54-42-22-8-11-23-47(42)59-58(60-54)63-51-31-27-34-14-4-6-18-38(34)52(51)46-33-45-41-21-10-13-25-49(41)62-55-39-19-7-5-15-35(39)26-29-43(55)53(56(45)62)57(46)63/h1-33H. The van der Waals surface area contributed by atoms with Gasteiger partial charge in [-0.05, 0) is 70.8 Å². The maximum atomic E-state index is 5.71. The van der Waals surface area contributed by atoms with Crippen LogP contribution in [-0.2, 0) is 0 Å². The summed E-state index contributed by atoms with van der Waals surface area (Å²) in [5, 5.41) is 15.6. The first-order valence-electron chi connectivity index (χ1n) is 21.6. The normalized spacial score (nSPS) is 12.4. The Kier molecular flexibility index (Phi) is 6.36. The Morgan fingerprint density at radius 1 is 0.317 bits per heavy atom. The van der Waals surface area contributed by atoms with Crippen molar-refractivity contribution in [1.29, 1.82) is 0 Å². The number of para-hydroxylation sites is 4. The Bertz CT molecular complexity index is 4440. The third kappa shape index (κ3) is 4.30. The lowest BCUT2D eigenvalue weighted by atomic mass is 9.99. The van der Waals surface area contributed by atoms with E-state index in [2.05, 4.69) is 214 Å². The SMILES string of the molecule is c1ccc(-n2c3ccccc3c3cc(-c4nc(-n5c6ccc7ccccc7c6c6cc7c8ccccc8n8c9c%10ccccc%10ccc9c(c65)c78)nc5ccccc45)ccc32)cc1. The molecule has 5 heteroatoms. The zero-order chi connectivity index (χ0) is 40.9. The second kappa shape index (κ2) is 12.1.